The summed E-state index contributed by atoms with van der Waals surface area (Å²) < 4.78 is 18.2. The van der Waals surface area contributed by atoms with Crippen LogP contribution in [-0.2, 0) is 11.2 Å². The number of rotatable bonds is 5. The highest BCUT2D eigenvalue weighted by molar-refractivity contribution is 6.09. The van der Waals surface area contributed by atoms with E-state index in [0.29, 0.717) is 16.9 Å². The van der Waals surface area contributed by atoms with Gasteiger partial charge in [-0.15, -0.1) is 0 Å². The monoisotopic (exact) mass is 334 g/mol. The van der Waals surface area contributed by atoms with Crippen molar-refractivity contribution >= 4 is 11.8 Å². The molecule has 3 aromatic carbocycles. The summed E-state index contributed by atoms with van der Waals surface area (Å²) in [6, 6.07) is 21.0. The standard InChI is InChI=1S/C21H15FO3/c22-18-10-6-16(7-11-18)21(24)17-8-12-19(13-9-17)25-20(23)14-15-4-2-1-3-5-15/h1-13H,14H2. The van der Waals surface area contributed by atoms with Gasteiger partial charge in [0.2, 0.25) is 0 Å². The van der Waals surface area contributed by atoms with E-state index in [-0.39, 0.29) is 18.2 Å². The van der Waals surface area contributed by atoms with Gasteiger partial charge in [0.05, 0.1) is 6.42 Å². The summed E-state index contributed by atoms with van der Waals surface area (Å²) in [5.74, 6) is -0.611. The maximum atomic E-state index is 12.9. The van der Waals surface area contributed by atoms with Crippen LogP contribution < -0.4 is 4.74 Å². The summed E-state index contributed by atoms with van der Waals surface area (Å²) in [6.45, 7) is 0. The highest BCUT2D eigenvalue weighted by Crippen LogP contribution is 2.16. The van der Waals surface area contributed by atoms with E-state index in [2.05, 4.69) is 0 Å². The molecule has 124 valence electrons. The first-order chi connectivity index (χ1) is 12.1. The number of hydrogen-bond donors (Lipinski definition) is 0. The highest BCUT2D eigenvalue weighted by Gasteiger charge is 2.11. The molecule has 0 atom stereocenters. The zero-order chi connectivity index (χ0) is 17.6. The van der Waals surface area contributed by atoms with Crippen molar-refractivity contribution in [2.45, 2.75) is 6.42 Å². The third-order valence-electron chi connectivity index (χ3n) is 3.65. The fraction of sp³-hybridized carbons (Fsp3) is 0.0476. The minimum Gasteiger partial charge on any atom is -0.426 e. The molecule has 0 radical (unpaired) electrons. The van der Waals surface area contributed by atoms with Crippen molar-refractivity contribution in [2.24, 2.45) is 0 Å². The topological polar surface area (TPSA) is 43.4 Å². The number of halogens is 1. The van der Waals surface area contributed by atoms with Gasteiger partial charge in [-0.2, -0.15) is 0 Å². The first-order valence-corrected chi connectivity index (χ1v) is 7.77. The molecule has 3 aromatic rings. The molecule has 3 nitrogen and oxygen atoms in total. The number of carbonyl (C=O) groups excluding carboxylic acids is 2. The van der Waals surface area contributed by atoms with Crippen molar-refractivity contribution < 1.29 is 18.7 Å². The quantitative estimate of drug-likeness (QED) is 0.399. The zero-order valence-electron chi connectivity index (χ0n) is 13.3. The maximum absolute atomic E-state index is 12.9. The molecule has 0 saturated heterocycles. The molecule has 0 fully saturated rings. The second-order valence-electron chi connectivity index (χ2n) is 5.50. The predicted molar refractivity (Wildman–Crippen MR) is 92.1 cm³/mol. The van der Waals surface area contributed by atoms with Gasteiger partial charge in [-0.05, 0) is 54.1 Å². The third-order valence-corrected chi connectivity index (χ3v) is 3.65. The van der Waals surface area contributed by atoms with Gasteiger partial charge in [0, 0.05) is 11.1 Å². The van der Waals surface area contributed by atoms with Crippen molar-refractivity contribution in [2.75, 3.05) is 0 Å². The van der Waals surface area contributed by atoms with E-state index in [4.69, 9.17) is 4.74 Å². The molecule has 0 amide bonds. The second-order valence-corrected chi connectivity index (χ2v) is 5.50. The first kappa shape index (κ1) is 16.6. The number of benzene rings is 3. The van der Waals surface area contributed by atoms with Crippen LogP contribution in [0.3, 0.4) is 0 Å². The average Bonchev–Trinajstić information content (AvgIpc) is 2.63. The van der Waals surface area contributed by atoms with Gasteiger partial charge < -0.3 is 4.74 Å². The molecule has 0 saturated carbocycles. The molecule has 3 rings (SSSR count). The Labute approximate surface area is 144 Å². The summed E-state index contributed by atoms with van der Waals surface area (Å²) in [7, 11) is 0. The fourth-order valence-corrected chi connectivity index (χ4v) is 2.37. The Morgan fingerprint density at radius 1 is 0.760 bits per heavy atom. The van der Waals surface area contributed by atoms with Crippen molar-refractivity contribution in [1.82, 2.24) is 0 Å². The average molecular weight is 334 g/mol. The van der Waals surface area contributed by atoms with E-state index in [1.165, 1.54) is 24.3 Å². The van der Waals surface area contributed by atoms with Crippen LogP contribution in [0, 0.1) is 5.82 Å². The van der Waals surface area contributed by atoms with Crippen molar-refractivity contribution in [3.05, 3.63) is 101 Å². The van der Waals surface area contributed by atoms with Crippen LogP contribution in [0.4, 0.5) is 4.39 Å². The molecular formula is C21H15FO3. The molecule has 0 N–H and O–H groups in total. The fourth-order valence-electron chi connectivity index (χ4n) is 2.37. The Morgan fingerprint density at radius 2 is 1.32 bits per heavy atom. The summed E-state index contributed by atoms with van der Waals surface area (Å²) in [5.41, 5.74) is 1.71. The Morgan fingerprint density at radius 3 is 1.92 bits per heavy atom. The van der Waals surface area contributed by atoms with Crippen LogP contribution in [0.1, 0.15) is 21.5 Å². The molecule has 0 aromatic heterocycles. The Bertz CT molecular complexity index is 869. The van der Waals surface area contributed by atoms with Crippen LogP contribution >= 0.6 is 0 Å². The van der Waals surface area contributed by atoms with Gasteiger partial charge in [-0.3, -0.25) is 9.59 Å². The van der Waals surface area contributed by atoms with E-state index in [1.54, 1.807) is 24.3 Å². The Hall–Kier alpha value is -3.27. The van der Waals surface area contributed by atoms with Crippen LogP contribution in [0.5, 0.6) is 5.75 Å². The minimum absolute atomic E-state index is 0.178. The third kappa shape index (κ3) is 4.38. The van der Waals surface area contributed by atoms with Crippen LogP contribution in [-0.4, -0.2) is 11.8 Å². The number of esters is 1. The smallest absolute Gasteiger partial charge is 0.315 e. The lowest BCUT2D eigenvalue weighted by atomic mass is 10.0. The van der Waals surface area contributed by atoms with E-state index < -0.39 is 5.82 Å². The zero-order valence-corrected chi connectivity index (χ0v) is 13.3. The van der Waals surface area contributed by atoms with Gasteiger partial charge in [-0.25, -0.2) is 4.39 Å². The molecule has 4 heteroatoms. The number of ether oxygens (including phenoxy) is 1. The number of carbonyl (C=O) groups is 2. The first-order valence-electron chi connectivity index (χ1n) is 7.77. The van der Waals surface area contributed by atoms with E-state index in [9.17, 15) is 14.0 Å². The van der Waals surface area contributed by atoms with Crippen LogP contribution in [0.2, 0.25) is 0 Å². The maximum Gasteiger partial charge on any atom is 0.315 e. The highest BCUT2D eigenvalue weighted by atomic mass is 19.1. The summed E-state index contributed by atoms with van der Waals surface area (Å²) in [5, 5.41) is 0. The molecule has 0 aliphatic rings. The van der Waals surface area contributed by atoms with Crippen molar-refractivity contribution in [3.8, 4) is 5.75 Å². The molecule has 25 heavy (non-hydrogen) atoms. The number of hydrogen-bond acceptors (Lipinski definition) is 3. The molecular weight excluding hydrogens is 319 g/mol. The Kier molecular flexibility index (Phi) is 5.00. The molecule has 0 unspecified atom stereocenters. The molecule has 0 spiro atoms. The van der Waals surface area contributed by atoms with Gasteiger partial charge >= 0.3 is 5.97 Å². The lowest BCUT2D eigenvalue weighted by Crippen LogP contribution is -2.11. The van der Waals surface area contributed by atoms with E-state index in [0.717, 1.165) is 5.56 Å². The molecule has 0 bridgehead atoms. The predicted octanol–water partition coefficient (Wildman–Crippen LogP) is 4.20. The molecule has 0 aliphatic carbocycles. The van der Waals surface area contributed by atoms with Crippen LogP contribution in [0.15, 0.2) is 78.9 Å². The largest absolute Gasteiger partial charge is 0.426 e. The van der Waals surface area contributed by atoms with E-state index in [1.807, 2.05) is 30.3 Å². The molecule has 0 aliphatic heterocycles. The summed E-state index contributed by atoms with van der Waals surface area (Å²) in [4.78, 5) is 24.2. The Balaban J connectivity index is 1.64. The van der Waals surface area contributed by atoms with E-state index >= 15 is 0 Å². The van der Waals surface area contributed by atoms with Gasteiger partial charge in [0.1, 0.15) is 11.6 Å². The normalized spacial score (nSPS) is 10.3. The van der Waals surface area contributed by atoms with Gasteiger partial charge in [0.15, 0.2) is 5.78 Å². The second kappa shape index (κ2) is 7.53. The molecule has 0 heterocycles. The van der Waals surface area contributed by atoms with Gasteiger partial charge in [0.25, 0.3) is 0 Å². The summed E-state index contributed by atoms with van der Waals surface area (Å²) in [6.07, 6.45) is 0.178. The van der Waals surface area contributed by atoms with Crippen molar-refractivity contribution in [1.29, 1.82) is 0 Å². The lowest BCUT2D eigenvalue weighted by molar-refractivity contribution is -0.133. The lowest BCUT2D eigenvalue weighted by Gasteiger charge is -2.06. The van der Waals surface area contributed by atoms with Gasteiger partial charge in [-0.1, -0.05) is 30.3 Å². The number of ketones is 1. The van der Waals surface area contributed by atoms with Crippen LogP contribution in [0.25, 0.3) is 0 Å². The minimum atomic E-state index is -0.391. The van der Waals surface area contributed by atoms with Crippen molar-refractivity contribution in [3.63, 3.8) is 0 Å². The SMILES string of the molecule is O=C(Cc1ccccc1)Oc1ccc(C(=O)c2ccc(F)cc2)cc1. The summed E-state index contributed by atoms with van der Waals surface area (Å²) >= 11 is 0.